The van der Waals surface area contributed by atoms with Crippen LogP contribution in [0.15, 0.2) is 42.6 Å². The van der Waals surface area contributed by atoms with Gasteiger partial charge in [0.15, 0.2) is 17.2 Å². The molecule has 3 heterocycles. The Morgan fingerprint density at radius 3 is 2.58 bits per heavy atom. The van der Waals surface area contributed by atoms with Gasteiger partial charge in [-0.25, -0.2) is 4.98 Å². The van der Waals surface area contributed by atoms with Crippen LogP contribution in [0.25, 0.3) is 5.65 Å². The Kier molecular flexibility index (Phi) is 7.12. The third-order valence-electron chi connectivity index (χ3n) is 7.49. The molecule has 2 aromatic carbocycles. The van der Waals surface area contributed by atoms with E-state index in [0.29, 0.717) is 46.0 Å². The monoisotopic (exact) mass is 553 g/mol. The van der Waals surface area contributed by atoms with Crippen molar-refractivity contribution in [3.8, 4) is 17.9 Å². The van der Waals surface area contributed by atoms with Crippen LogP contribution in [-0.2, 0) is 6.54 Å². The molecule has 202 valence electrons. The van der Waals surface area contributed by atoms with Gasteiger partial charge in [0, 0.05) is 12.6 Å². The first-order valence-corrected chi connectivity index (χ1v) is 13.7. The minimum Gasteiger partial charge on any atom is -0.497 e. The number of nitrogens with one attached hydrogen (secondary N) is 2. The molecule has 6 rings (SSSR count). The molecule has 0 bridgehead atoms. The molecule has 2 fully saturated rings. The van der Waals surface area contributed by atoms with Crippen molar-refractivity contribution < 1.29 is 4.74 Å². The first-order chi connectivity index (χ1) is 19.6. The van der Waals surface area contributed by atoms with Gasteiger partial charge < -0.3 is 20.3 Å². The van der Waals surface area contributed by atoms with Crippen LogP contribution in [0.4, 0.5) is 17.5 Å². The highest BCUT2D eigenvalue weighted by Crippen LogP contribution is 2.39. The van der Waals surface area contributed by atoms with E-state index < -0.39 is 0 Å². The number of methoxy groups -OCH3 is 1. The summed E-state index contributed by atoms with van der Waals surface area (Å²) in [5, 5.41) is 31.3. The fourth-order valence-electron chi connectivity index (χ4n) is 5.23. The standard InChI is InChI=1S/C29H28ClN9O/c1-40-23-6-2-18(3-7-23)17-38(21-4-5-21)28-27-34-16-22(15-32)39(27)37-29(36-28)35-25-13-19(14-31)12-24(26(25)30)20-8-10-33-11-9-20/h2-3,6-7,12-13,16,20-21,33H,4-5,8-11,17H2,1H3,(H,35,37). The van der Waals surface area contributed by atoms with E-state index in [0.717, 1.165) is 55.6 Å². The van der Waals surface area contributed by atoms with Gasteiger partial charge in [-0.15, -0.1) is 5.10 Å². The van der Waals surface area contributed by atoms with Crippen LogP contribution in [-0.4, -0.2) is 45.8 Å². The summed E-state index contributed by atoms with van der Waals surface area (Å²) in [4.78, 5) is 11.6. The number of rotatable bonds is 8. The Balaban J connectivity index is 1.41. The maximum absolute atomic E-state index is 9.75. The second-order valence-corrected chi connectivity index (χ2v) is 10.5. The number of benzene rings is 2. The number of nitriles is 2. The van der Waals surface area contributed by atoms with E-state index in [4.69, 9.17) is 21.3 Å². The molecule has 40 heavy (non-hydrogen) atoms. The molecule has 0 unspecified atom stereocenters. The number of ether oxygens (including phenoxy) is 1. The number of imidazole rings is 1. The molecule has 4 aromatic rings. The van der Waals surface area contributed by atoms with Crippen LogP contribution in [0.3, 0.4) is 0 Å². The van der Waals surface area contributed by atoms with Crippen LogP contribution in [0.5, 0.6) is 5.75 Å². The average Bonchev–Trinajstić information content (AvgIpc) is 3.76. The third kappa shape index (κ3) is 5.12. The van der Waals surface area contributed by atoms with Crippen LogP contribution in [0, 0.1) is 22.7 Å². The first kappa shape index (κ1) is 25.9. The molecule has 11 heteroatoms. The van der Waals surface area contributed by atoms with E-state index in [1.165, 1.54) is 10.7 Å². The van der Waals surface area contributed by atoms with Gasteiger partial charge in [0.05, 0.1) is 35.6 Å². The van der Waals surface area contributed by atoms with Crippen LogP contribution in [0.2, 0.25) is 5.02 Å². The molecule has 0 spiro atoms. The molecule has 2 aromatic heterocycles. The van der Waals surface area contributed by atoms with Crippen molar-refractivity contribution in [2.24, 2.45) is 0 Å². The van der Waals surface area contributed by atoms with Crippen molar-refractivity contribution in [2.45, 2.75) is 44.2 Å². The zero-order chi connectivity index (χ0) is 27.6. The molecular formula is C29H28ClN9O. The molecule has 0 radical (unpaired) electrons. The van der Waals surface area contributed by atoms with Gasteiger partial charge in [-0.3, -0.25) is 0 Å². The Labute approximate surface area is 237 Å². The lowest BCUT2D eigenvalue weighted by atomic mass is 9.89. The SMILES string of the molecule is COc1ccc(CN(c2nc(Nc3cc(C#N)cc(C4CCNCC4)c3Cl)nn3c(C#N)cnc23)C2CC2)cc1. The van der Waals surface area contributed by atoms with Crippen LogP contribution < -0.4 is 20.3 Å². The maximum atomic E-state index is 9.75. The van der Waals surface area contributed by atoms with Crippen molar-refractivity contribution >= 4 is 34.7 Å². The predicted octanol–water partition coefficient (Wildman–Crippen LogP) is 4.91. The molecule has 1 saturated heterocycles. The van der Waals surface area contributed by atoms with E-state index in [2.05, 4.69) is 37.8 Å². The number of nitrogens with zero attached hydrogens (tertiary/aromatic N) is 7. The molecule has 1 aliphatic carbocycles. The smallest absolute Gasteiger partial charge is 0.247 e. The molecule has 2 aliphatic rings. The fourth-order valence-corrected chi connectivity index (χ4v) is 5.54. The lowest BCUT2D eigenvalue weighted by molar-refractivity contribution is 0.414. The number of anilines is 3. The van der Waals surface area contributed by atoms with Crippen molar-refractivity contribution in [1.82, 2.24) is 24.9 Å². The highest BCUT2D eigenvalue weighted by atomic mass is 35.5. The normalized spacial score (nSPS) is 15.4. The quantitative estimate of drug-likeness (QED) is 0.313. The second kappa shape index (κ2) is 11.0. The second-order valence-electron chi connectivity index (χ2n) is 10.1. The molecule has 2 N–H and O–H groups in total. The van der Waals surface area contributed by atoms with E-state index in [9.17, 15) is 10.5 Å². The summed E-state index contributed by atoms with van der Waals surface area (Å²) < 4.78 is 6.83. The van der Waals surface area contributed by atoms with Crippen LogP contribution in [0.1, 0.15) is 54.0 Å². The summed E-state index contributed by atoms with van der Waals surface area (Å²) in [6, 6.07) is 16.3. The molecule has 1 aliphatic heterocycles. The lowest BCUT2D eigenvalue weighted by Gasteiger charge is -2.26. The Bertz CT molecular complexity index is 1630. The zero-order valence-corrected chi connectivity index (χ0v) is 22.8. The van der Waals surface area contributed by atoms with Gasteiger partial charge in [0.2, 0.25) is 5.95 Å². The van der Waals surface area contributed by atoms with E-state index in [1.54, 1.807) is 13.2 Å². The van der Waals surface area contributed by atoms with Gasteiger partial charge in [-0.1, -0.05) is 23.7 Å². The lowest BCUT2D eigenvalue weighted by Crippen LogP contribution is -2.27. The number of fused-ring (bicyclic) bond motifs is 1. The summed E-state index contributed by atoms with van der Waals surface area (Å²) in [5.41, 5.74) is 3.93. The minimum absolute atomic E-state index is 0.259. The van der Waals surface area contributed by atoms with Crippen molar-refractivity contribution in [3.63, 3.8) is 0 Å². The number of hydrogen-bond acceptors (Lipinski definition) is 9. The van der Waals surface area contributed by atoms with Crippen molar-refractivity contribution in [3.05, 3.63) is 70.0 Å². The van der Waals surface area contributed by atoms with E-state index in [1.807, 2.05) is 30.3 Å². The maximum Gasteiger partial charge on any atom is 0.247 e. The summed E-state index contributed by atoms with van der Waals surface area (Å²) in [7, 11) is 1.65. The summed E-state index contributed by atoms with van der Waals surface area (Å²) >= 11 is 6.93. The first-order valence-electron chi connectivity index (χ1n) is 13.3. The van der Waals surface area contributed by atoms with Crippen LogP contribution >= 0.6 is 11.6 Å². The average molecular weight is 554 g/mol. The molecule has 0 atom stereocenters. The zero-order valence-electron chi connectivity index (χ0n) is 22.1. The van der Waals surface area contributed by atoms with Gasteiger partial charge in [-0.05, 0) is 80.1 Å². The molecular weight excluding hydrogens is 526 g/mol. The number of aromatic nitrogens is 4. The summed E-state index contributed by atoms with van der Waals surface area (Å²) in [6.45, 7) is 2.43. The topological polar surface area (TPSA) is 127 Å². The van der Waals surface area contributed by atoms with E-state index >= 15 is 0 Å². The van der Waals surface area contributed by atoms with Gasteiger partial charge in [-0.2, -0.15) is 20.0 Å². The molecule has 1 saturated carbocycles. The van der Waals surface area contributed by atoms with E-state index in [-0.39, 0.29) is 11.9 Å². The van der Waals surface area contributed by atoms with Gasteiger partial charge in [0.1, 0.15) is 11.8 Å². The highest BCUT2D eigenvalue weighted by Gasteiger charge is 2.33. The molecule has 0 amide bonds. The van der Waals surface area contributed by atoms with Gasteiger partial charge in [0.25, 0.3) is 0 Å². The number of hydrogen-bond donors (Lipinski definition) is 2. The third-order valence-corrected chi connectivity index (χ3v) is 7.91. The number of halogens is 1. The minimum atomic E-state index is 0.259. The largest absolute Gasteiger partial charge is 0.497 e. The molecule has 10 nitrogen and oxygen atoms in total. The Morgan fingerprint density at radius 2 is 1.90 bits per heavy atom. The summed E-state index contributed by atoms with van der Waals surface area (Å²) in [6.07, 6.45) is 5.48. The Morgan fingerprint density at radius 1 is 1.12 bits per heavy atom. The van der Waals surface area contributed by atoms with Crippen molar-refractivity contribution in [1.29, 1.82) is 10.5 Å². The van der Waals surface area contributed by atoms with Gasteiger partial charge >= 0.3 is 0 Å². The summed E-state index contributed by atoms with van der Waals surface area (Å²) in [5.74, 6) is 1.95. The predicted molar refractivity (Wildman–Crippen MR) is 152 cm³/mol. The van der Waals surface area contributed by atoms with Crippen molar-refractivity contribution in [2.75, 3.05) is 30.4 Å². The Hall–Kier alpha value is -4.38. The number of piperidine rings is 1. The highest BCUT2D eigenvalue weighted by molar-refractivity contribution is 6.34. The fraction of sp³-hybridized carbons (Fsp3) is 0.345.